The molecule has 0 aromatic heterocycles. The van der Waals surface area contributed by atoms with E-state index in [0.29, 0.717) is 0 Å². The smallest absolute Gasteiger partial charge is 0.219 e. The second-order valence-corrected chi connectivity index (χ2v) is 8.17. The fraction of sp³-hybridized carbons (Fsp3) is 1.00. The van der Waals surface area contributed by atoms with Gasteiger partial charge in [0.15, 0.2) is 0 Å². The Labute approximate surface area is 79.7 Å². The zero-order valence-corrected chi connectivity index (χ0v) is 11.1. The molecule has 74 valence electrons. The molecule has 0 aliphatic rings. The largest absolute Gasteiger partial charge is 0.302 e. The summed E-state index contributed by atoms with van der Waals surface area (Å²) in [5.74, 6) is 0. The second-order valence-electron chi connectivity index (χ2n) is 3.39. The van der Waals surface area contributed by atoms with Gasteiger partial charge < -0.3 is 9.15 Å². The van der Waals surface area contributed by atoms with Gasteiger partial charge in [-0.3, -0.25) is 0 Å². The lowest BCUT2D eigenvalue weighted by molar-refractivity contribution is -0.111. The molecule has 2 unspecified atom stereocenters. The van der Waals surface area contributed by atoms with Crippen LogP contribution in [-0.2, 0) is 9.15 Å². The van der Waals surface area contributed by atoms with Crippen molar-refractivity contribution < 1.29 is 9.15 Å². The maximum absolute atomic E-state index is 5.40. The molecular formula is C8H22O2Si2. The van der Waals surface area contributed by atoms with Crippen LogP contribution in [0.5, 0.6) is 0 Å². The first-order valence-corrected chi connectivity index (χ1v) is 9.91. The summed E-state index contributed by atoms with van der Waals surface area (Å²) >= 11 is 0. The molecule has 0 radical (unpaired) electrons. The molecule has 0 aromatic carbocycles. The van der Waals surface area contributed by atoms with Gasteiger partial charge in [-0.15, -0.1) is 0 Å². The van der Waals surface area contributed by atoms with Gasteiger partial charge in [0.1, 0.15) is 0 Å². The molecule has 0 amide bonds. The minimum Gasteiger partial charge on any atom is -0.302 e. The SMILES string of the molecule is CCC[SiH](C)OO[SiH](C)CCC. The summed E-state index contributed by atoms with van der Waals surface area (Å²) in [6.45, 7) is 8.80. The fourth-order valence-electron chi connectivity index (χ4n) is 1.10. The molecule has 4 heteroatoms. The predicted molar refractivity (Wildman–Crippen MR) is 58.4 cm³/mol. The molecule has 0 bridgehead atoms. The van der Waals surface area contributed by atoms with E-state index in [4.69, 9.17) is 9.15 Å². The standard InChI is InChI=1S/C8H22O2Si2/c1-5-7-11(3)9-10-12(4)8-6-2/h11-12H,5-8H2,1-4H3. The van der Waals surface area contributed by atoms with Crippen molar-refractivity contribution in [2.45, 2.75) is 51.9 Å². The maximum Gasteiger partial charge on any atom is 0.219 e. The molecular weight excluding hydrogens is 184 g/mol. The first-order chi connectivity index (χ1) is 5.70. The molecule has 0 rings (SSSR count). The average Bonchev–Trinajstić information content (AvgIpc) is 2.02. The van der Waals surface area contributed by atoms with Crippen LogP contribution >= 0.6 is 0 Å². The maximum atomic E-state index is 5.40. The summed E-state index contributed by atoms with van der Waals surface area (Å²) in [5, 5.41) is 0. The summed E-state index contributed by atoms with van der Waals surface area (Å²) in [5.41, 5.74) is 0. The Bertz CT molecular complexity index is 89.1. The van der Waals surface area contributed by atoms with E-state index in [1.165, 1.54) is 24.9 Å². The molecule has 0 N–H and O–H groups in total. The molecule has 0 saturated heterocycles. The van der Waals surface area contributed by atoms with Crippen LogP contribution in [-0.4, -0.2) is 18.1 Å². The van der Waals surface area contributed by atoms with Crippen molar-refractivity contribution in [3.63, 3.8) is 0 Å². The molecule has 0 aliphatic heterocycles. The molecule has 12 heavy (non-hydrogen) atoms. The van der Waals surface area contributed by atoms with Gasteiger partial charge in [-0.2, -0.15) is 0 Å². The Kier molecular flexibility index (Phi) is 8.21. The summed E-state index contributed by atoms with van der Waals surface area (Å²) in [4.78, 5) is 0. The lowest BCUT2D eigenvalue weighted by Gasteiger charge is -2.14. The molecule has 0 heterocycles. The van der Waals surface area contributed by atoms with Gasteiger partial charge in [0.2, 0.25) is 18.1 Å². The Morgan fingerprint density at radius 2 is 1.17 bits per heavy atom. The van der Waals surface area contributed by atoms with Crippen molar-refractivity contribution >= 4 is 18.1 Å². The van der Waals surface area contributed by atoms with E-state index in [1.807, 2.05) is 0 Å². The fourth-order valence-corrected chi connectivity index (χ4v) is 4.43. The highest BCUT2D eigenvalue weighted by Crippen LogP contribution is 2.03. The normalized spacial score (nSPS) is 16.0. The summed E-state index contributed by atoms with van der Waals surface area (Å²) in [6.07, 6.45) is 2.45. The highest BCUT2D eigenvalue weighted by Gasteiger charge is 2.08. The van der Waals surface area contributed by atoms with Gasteiger partial charge in [0.25, 0.3) is 0 Å². The first kappa shape index (κ1) is 12.4. The van der Waals surface area contributed by atoms with E-state index in [9.17, 15) is 0 Å². The van der Waals surface area contributed by atoms with Gasteiger partial charge in [0, 0.05) is 0 Å². The topological polar surface area (TPSA) is 18.5 Å². The van der Waals surface area contributed by atoms with E-state index >= 15 is 0 Å². The van der Waals surface area contributed by atoms with Crippen LogP contribution in [0.3, 0.4) is 0 Å². The van der Waals surface area contributed by atoms with Crippen molar-refractivity contribution in [2.24, 2.45) is 0 Å². The molecule has 2 atom stereocenters. The van der Waals surface area contributed by atoms with Gasteiger partial charge in [0.05, 0.1) is 0 Å². The molecule has 0 aromatic rings. The predicted octanol–water partition coefficient (Wildman–Crippen LogP) is 2.46. The van der Waals surface area contributed by atoms with E-state index < -0.39 is 18.1 Å². The lowest BCUT2D eigenvalue weighted by atomic mass is 10.6. The molecule has 0 aliphatic carbocycles. The van der Waals surface area contributed by atoms with E-state index in [0.717, 1.165) is 0 Å². The Hall–Kier alpha value is 0.354. The number of rotatable bonds is 7. The zero-order valence-electron chi connectivity index (χ0n) is 8.80. The molecule has 0 spiro atoms. The van der Waals surface area contributed by atoms with Gasteiger partial charge in [-0.25, -0.2) is 0 Å². The third-order valence-corrected chi connectivity index (χ3v) is 5.66. The second kappa shape index (κ2) is 7.98. The molecule has 2 nitrogen and oxygen atoms in total. The number of hydrogen-bond donors (Lipinski definition) is 0. The van der Waals surface area contributed by atoms with Crippen LogP contribution in [0.15, 0.2) is 0 Å². The van der Waals surface area contributed by atoms with Crippen LogP contribution < -0.4 is 0 Å². The van der Waals surface area contributed by atoms with Crippen LogP contribution in [0.25, 0.3) is 0 Å². The Morgan fingerprint density at radius 3 is 1.42 bits per heavy atom. The molecule has 0 saturated carbocycles. The van der Waals surface area contributed by atoms with Crippen LogP contribution in [0, 0.1) is 0 Å². The van der Waals surface area contributed by atoms with Crippen molar-refractivity contribution in [3.05, 3.63) is 0 Å². The van der Waals surface area contributed by atoms with E-state index in [1.54, 1.807) is 0 Å². The van der Waals surface area contributed by atoms with E-state index in [2.05, 4.69) is 26.9 Å². The zero-order chi connectivity index (χ0) is 9.40. The minimum absolute atomic E-state index is 0.971. The number of hydrogen-bond acceptors (Lipinski definition) is 2. The monoisotopic (exact) mass is 206 g/mol. The van der Waals surface area contributed by atoms with Crippen molar-refractivity contribution in [2.75, 3.05) is 0 Å². The Balaban J connectivity index is 3.27. The summed E-state index contributed by atoms with van der Waals surface area (Å²) < 4.78 is 10.8. The first-order valence-electron chi connectivity index (χ1n) is 5.02. The highest BCUT2D eigenvalue weighted by atomic mass is 28.3. The summed E-state index contributed by atoms with van der Waals surface area (Å²) in [6, 6.07) is 2.46. The van der Waals surface area contributed by atoms with Crippen LogP contribution in [0.1, 0.15) is 26.7 Å². The van der Waals surface area contributed by atoms with Gasteiger partial charge in [-0.1, -0.05) is 26.7 Å². The third kappa shape index (κ3) is 7.03. The lowest BCUT2D eigenvalue weighted by Crippen LogP contribution is -2.20. The average molecular weight is 206 g/mol. The quantitative estimate of drug-likeness (QED) is 0.362. The van der Waals surface area contributed by atoms with Gasteiger partial charge in [-0.05, 0) is 25.2 Å². The van der Waals surface area contributed by atoms with Crippen molar-refractivity contribution in [1.29, 1.82) is 0 Å². The van der Waals surface area contributed by atoms with E-state index in [-0.39, 0.29) is 0 Å². The van der Waals surface area contributed by atoms with Crippen molar-refractivity contribution in [3.8, 4) is 0 Å². The van der Waals surface area contributed by atoms with Crippen LogP contribution in [0.2, 0.25) is 25.2 Å². The third-order valence-electron chi connectivity index (χ3n) is 1.77. The summed E-state index contributed by atoms with van der Waals surface area (Å²) in [7, 11) is -1.94. The Morgan fingerprint density at radius 1 is 0.833 bits per heavy atom. The molecule has 0 fully saturated rings. The van der Waals surface area contributed by atoms with Crippen molar-refractivity contribution in [1.82, 2.24) is 0 Å². The van der Waals surface area contributed by atoms with Crippen LogP contribution in [0.4, 0.5) is 0 Å². The highest BCUT2D eigenvalue weighted by molar-refractivity contribution is 6.52. The minimum atomic E-state index is -0.971. The van der Waals surface area contributed by atoms with Gasteiger partial charge >= 0.3 is 0 Å².